The molecule has 1 atom stereocenters. The molecule has 0 saturated heterocycles. The molecule has 0 radical (unpaired) electrons. The Labute approximate surface area is 91.3 Å². The summed E-state index contributed by atoms with van der Waals surface area (Å²) in [7, 11) is 0. The molecule has 2 N–H and O–H groups in total. The van der Waals surface area contributed by atoms with Crippen molar-refractivity contribution >= 4 is 17.5 Å². The van der Waals surface area contributed by atoms with E-state index in [1.54, 1.807) is 0 Å². The molecule has 0 aromatic heterocycles. The highest BCUT2D eigenvalue weighted by atomic mass is 35.5. The Morgan fingerprint density at radius 3 is 2.87 bits per heavy atom. The van der Waals surface area contributed by atoms with Crippen LogP contribution in [0.2, 0.25) is 0 Å². The van der Waals surface area contributed by atoms with E-state index in [4.69, 9.17) is 22.6 Å². The van der Waals surface area contributed by atoms with Crippen molar-refractivity contribution in [2.45, 2.75) is 11.8 Å². The van der Waals surface area contributed by atoms with E-state index in [0.29, 0.717) is 5.56 Å². The average molecular weight is 227 g/mol. The predicted octanol–water partition coefficient (Wildman–Crippen LogP) is 1.33. The van der Waals surface area contributed by atoms with Crippen molar-refractivity contribution in [3.63, 3.8) is 0 Å². The predicted molar refractivity (Wildman–Crippen MR) is 53.7 cm³/mol. The Balaban J connectivity index is 2.96. The maximum absolute atomic E-state index is 12.8. The zero-order chi connectivity index (χ0) is 11.4. The van der Waals surface area contributed by atoms with Gasteiger partial charge in [-0.3, -0.25) is 4.79 Å². The third-order valence-corrected chi connectivity index (χ3v) is 2.27. The molecule has 78 valence electrons. The number of nitriles is 1. The van der Waals surface area contributed by atoms with Crippen LogP contribution in [0.4, 0.5) is 4.39 Å². The molecule has 0 saturated carbocycles. The van der Waals surface area contributed by atoms with Crippen molar-refractivity contribution in [2.75, 3.05) is 0 Å². The zero-order valence-corrected chi connectivity index (χ0v) is 8.46. The first-order chi connectivity index (χ1) is 7.04. The molecule has 1 rings (SSSR count). The molecule has 0 aliphatic carbocycles. The molecule has 0 bridgehead atoms. The minimum Gasteiger partial charge on any atom is -0.368 e. The van der Waals surface area contributed by atoms with E-state index < -0.39 is 17.1 Å². The summed E-state index contributed by atoms with van der Waals surface area (Å²) in [5, 5.41) is 7.83. The van der Waals surface area contributed by atoms with Gasteiger partial charge < -0.3 is 5.73 Å². The molecular formula is C10H8ClFN2O. The number of hydrogen-bond acceptors (Lipinski definition) is 2. The van der Waals surface area contributed by atoms with Crippen LogP contribution in [0, 0.1) is 17.1 Å². The van der Waals surface area contributed by atoms with Crippen LogP contribution in [-0.4, -0.2) is 11.3 Å². The molecule has 0 heterocycles. The smallest absolute Gasteiger partial charge is 0.235 e. The lowest BCUT2D eigenvalue weighted by Gasteiger charge is -2.06. The van der Waals surface area contributed by atoms with E-state index in [-0.39, 0.29) is 12.0 Å². The first-order valence-corrected chi connectivity index (χ1v) is 4.60. The van der Waals surface area contributed by atoms with Crippen LogP contribution in [0.5, 0.6) is 0 Å². The number of carbonyl (C=O) groups is 1. The number of halogens is 2. The van der Waals surface area contributed by atoms with E-state index in [2.05, 4.69) is 0 Å². The number of primary amides is 1. The van der Waals surface area contributed by atoms with Gasteiger partial charge in [-0.2, -0.15) is 5.26 Å². The fraction of sp³-hybridized carbons (Fsp3) is 0.200. The SMILES string of the molecule is N#Cc1cc(F)ccc1CC(Cl)C(N)=O. The zero-order valence-electron chi connectivity index (χ0n) is 7.71. The number of alkyl halides is 1. The summed E-state index contributed by atoms with van der Waals surface area (Å²) in [5.41, 5.74) is 5.66. The lowest BCUT2D eigenvalue weighted by Crippen LogP contribution is -2.25. The van der Waals surface area contributed by atoms with Gasteiger partial charge >= 0.3 is 0 Å². The number of amides is 1. The number of benzene rings is 1. The second-order valence-corrected chi connectivity index (χ2v) is 3.51. The molecule has 1 aromatic rings. The van der Waals surface area contributed by atoms with Gasteiger partial charge in [0.25, 0.3) is 0 Å². The second kappa shape index (κ2) is 4.76. The molecule has 1 unspecified atom stereocenters. The molecular weight excluding hydrogens is 219 g/mol. The highest BCUT2D eigenvalue weighted by Gasteiger charge is 2.14. The van der Waals surface area contributed by atoms with E-state index in [0.717, 1.165) is 6.07 Å². The first-order valence-electron chi connectivity index (χ1n) is 4.16. The van der Waals surface area contributed by atoms with Gasteiger partial charge in [-0.1, -0.05) is 6.07 Å². The highest BCUT2D eigenvalue weighted by molar-refractivity contribution is 6.30. The van der Waals surface area contributed by atoms with Crippen LogP contribution in [-0.2, 0) is 11.2 Å². The van der Waals surface area contributed by atoms with E-state index in [1.807, 2.05) is 6.07 Å². The largest absolute Gasteiger partial charge is 0.368 e. The number of carbonyl (C=O) groups excluding carboxylic acids is 1. The number of nitrogens with two attached hydrogens (primary N) is 1. The number of rotatable bonds is 3. The van der Waals surface area contributed by atoms with Gasteiger partial charge in [-0.05, 0) is 24.1 Å². The fourth-order valence-electron chi connectivity index (χ4n) is 1.12. The lowest BCUT2D eigenvalue weighted by atomic mass is 10.0. The van der Waals surface area contributed by atoms with Gasteiger partial charge in [0.1, 0.15) is 11.2 Å². The van der Waals surface area contributed by atoms with Crippen molar-refractivity contribution in [2.24, 2.45) is 5.73 Å². The first kappa shape index (κ1) is 11.5. The van der Waals surface area contributed by atoms with Crippen molar-refractivity contribution in [1.82, 2.24) is 0 Å². The lowest BCUT2D eigenvalue weighted by molar-refractivity contribution is -0.117. The molecule has 0 fully saturated rings. The monoisotopic (exact) mass is 226 g/mol. The van der Waals surface area contributed by atoms with Gasteiger partial charge in [-0.25, -0.2) is 4.39 Å². The quantitative estimate of drug-likeness (QED) is 0.791. The summed E-state index contributed by atoms with van der Waals surface area (Å²) in [6.45, 7) is 0. The van der Waals surface area contributed by atoms with Gasteiger partial charge in [0.05, 0.1) is 11.6 Å². The van der Waals surface area contributed by atoms with Crippen LogP contribution >= 0.6 is 11.6 Å². The van der Waals surface area contributed by atoms with Gasteiger partial charge in [-0.15, -0.1) is 11.6 Å². The van der Waals surface area contributed by atoms with Gasteiger partial charge in [0.2, 0.25) is 5.91 Å². The van der Waals surface area contributed by atoms with Crippen molar-refractivity contribution in [3.8, 4) is 6.07 Å². The minimum atomic E-state index is -0.887. The third-order valence-electron chi connectivity index (χ3n) is 1.90. The minimum absolute atomic E-state index is 0.125. The van der Waals surface area contributed by atoms with Crippen molar-refractivity contribution < 1.29 is 9.18 Å². The van der Waals surface area contributed by atoms with Crippen LogP contribution in [0.1, 0.15) is 11.1 Å². The summed E-state index contributed by atoms with van der Waals surface area (Å²) in [6, 6.07) is 5.56. The van der Waals surface area contributed by atoms with Crippen molar-refractivity contribution in [1.29, 1.82) is 5.26 Å². The van der Waals surface area contributed by atoms with Crippen LogP contribution in [0.3, 0.4) is 0 Å². The Morgan fingerprint density at radius 2 is 2.33 bits per heavy atom. The van der Waals surface area contributed by atoms with Crippen LogP contribution in [0.15, 0.2) is 18.2 Å². The third kappa shape index (κ3) is 2.93. The number of nitrogens with zero attached hydrogens (tertiary/aromatic N) is 1. The van der Waals surface area contributed by atoms with E-state index >= 15 is 0 Å². The molecule has 5 heteroatoms. The Hall–Kier alpha value is -1.60. The topological polar surface area (TPSA) is 66.9 Å². The van der Waals surface area contributed by atoms with E-state index in [9.17, 15) is 9.18 Å². The molecule has 15 heavy (non-hydrogen) atoms. The van der Waals surface area contributed by atoms with E-state index in [1.165, 1.54) is 12.1 Å². The molecule has 1 aromatic carbocycles. The van der Waals surface area contributed by atoms with Gasteiger partial charge in [0.15, 0.2) is 0 Å². The maximum atomic E-state index is 12.8. The summed E-state index contributed by atoms with van der Waals surface area (Å²) in [6.07, 6.45) is 0.125. The average Bonchev–Trinajstić information content (AvgIpc) is 2.20. The van der Waals surface area contributed by atoms with Gasteiger partial charge in [0, 0.05) is 0 Å². The fourth-order valence-corrected chi connectivity index (χ4v) is 1.29. The summed E-state index contributed by atoms with van der Waals surface area (Å²) in [4.78, 5) is 10.7. The molecule has 0 spiro atoms. The summed E-state index contributed by atoms with van der Waals surface area (Å²) < 4.78 is 12.8. The Morgan fingerprint density at radius 1 is 1.67 bits per heavy atom. The Kier molecular flexibility index (Phi) is 3.64. The normalized spacial score (nSPS) is 11.8. The second-order valence-electron chi connectivity index (χ2n) is 2.99. The highest BCUT2D eigenvalue weighted by Crippen LogP contribution is 2.14. The standard InChI is InChI=1S/C10H8ClFN2O/c11-9(10(14)15)4-6-1-2-8(12)3-7(6)5-13/h1-3,9H,4H2,(H2,14,15). The molecule has 3 nitrogen and oxygen atoms in total. The molecule has 0 aliphatic heterocycles. The summed E-state index contributed by atoms with van der Waals surface area (Å²) >= 11 is 5.64. The van der Waals surface area contributed by atoms with Crippen LogP contribution in [0.25, 0.3) is 0 Å². The molecule has 1 amide bonds. The maximum Gasteiger partial charge on any atom is 0.235 e. The number of hydrogen-bond donors (Lipinski definition) is 1. The van der Waals surface area contributed by atoms with Crippen LogP contribution < -0.4 is 5.73 Å². The molecule has 0 aliphatic rings. The summed E-state index contributed by atoms with van der Waals surface area (Å²) in [5.74, 6) is -1.16. The Bertz CT molecular complexity index is 428. The van der Waals surface area contributed by atoms with Crippen molar-refractivity contribution in [3.05, 3.63) is 35.1 Å².